The second-order valence-electron chi connectivity index (χ2n) is 3.28. The lowest BCUT2D eigenvalue weighted by Crippen LogP contribution is -2.00. The van der Waals surface area contributed by atoms with Crippen LogP contribution >= 0.6 is 8.46 Å². The van der Waals surface area contributed by atoms with Crippen LogP contribution in [0, 0.1) is 0 Å². The van der Waals surface area contributed by atoms with Crippen molar-refractivity contribution in [2.24, 2.45) is 0 Å². The Labute approximate surface area is 86.5 Å². The minimum absolute atomic E-state index is 0.200. The summed E-state index contributed by atoms with van der Waals surface area (Å²) in [6.45, 7) is 3.26. The van der Waals surface area contributed by atoms with Crippen LogP contribution in [-0.4, -0.2) is 12.3 Å². The van der Waals surface area contributed by atoms with E-state index in [0.29, 0.717) is 13.2 Å². The van der Waals surface area contributed by atoms with Gasteiger partial charge in [0.05, 0.1) is 6.61 Å². The Morgan fingerprint density at radius 1 is 1.36 bits per heavy atom. The average Bonchev–Trinajstić information content (AvgIpc) is 2.25. The summed E-state index contributed by atoms with van der Waals surface area (Å²) in [5, 5.41) is 0. The van der Waals surface area contributed by atoms with E-state index in [1.165, 1.54) is 5.56 Å². The summed E-state index contributed by atoms with van der Waals surface area (Å²) < 4.78 is 15.9. The predicted octanol–water partition coefficient (Wildman–Crippen LogP) is 3.27. The van der Waals surface area contributed by atoms with Gasteiger partial charge in [-0.2, -0.15) is 0 Å². The first-order valence-electron chi connectivity index (χ1n) is 4.77. The van der Waals surface area contributed by atoms with E-state index in [1.807, 2.05) is 37.3 Å². The molecule has 0 N–H and O–H groups in total. The van der Waals surface area contributed by atoms with Gasteiger partial charge in [-0.3, -0.25) is 4.57 Å². The Morgan fingerprint density at radius 3 is 2.71 bits per heavy atom. The number of benzene rings is 1. The first kappa shape index (κ1) is 11.4. The van der Waals surface area contributed by atoms with E-state index in [2.05, 4.69) is 0 Å². The van der Waals surface area contributed by atoms with Crippen LogP contribution in [0.25, 0.3) is 0 Å². The fourth-order valence-corrected chi connectivity index (χ4v) is 1.28. The second kappa shape index (κ2) is 6.69. The molecular formula is C11H15O2P. The van der Waals surface area contributed by atoms with E-state index in [1.54, 1.807) is 0 Å². The fourth-order valence-electron chi connectivity index (χ4n) is 1.07. The minimum Gasteiger partial charge on any atom is -0.377 e. The highest BCUT2D eigenvalue weighted by molar-refractivity contribution is 7.24. The van der Waals surface area contributed by atoms with E-state index in [9.17, 15) is 4.57 Å². The largest absolute Gasteiger partial charge is 0.377 e. The van der Waals surface area contributed by atoms with Crippen molar-refractivity contribution in [3.63, 3.8) is 0 Å². The summed E-state index contributed by atoms with van der Waals surface area (Å²) in [6.07, 6.45) is 0.845. The van der Waals surface area contributed by atoms with Crippen LogP contribution in [0.2, 0.25) is 0 Å². The maximum Gasteiger partial charge on any atom is 0.158 e. The summed E-state index contributed by atoms with van der Waals surface area (Å²) in [4.78, 5) is 0. The van der Waals surface area contributed by atoms with Crippen molar-refractivity contribution in [1.29, 1.82) is 0 Å². The third kappa shape index (κ3) is 4.50. The zero-order valence-electron chi connectivity index (χ0n) is 8.35. The van der Waals surface area contributed by atoms with Gasteiger partial charge < -0.3 is 4.74 Å². The highest BCUT2D eigenvalue weighted by atomic mass is 31.1. The molecule has 0 saturated heterocycles. The van der Waals surface area contributed by atoms with Crippen LogP contribution in [0.3, 0.4) is 0 Å². The van der Waals surface area contributed by atoms with E-state index in [-0.39, 0.29) is 14.1 Å². The molecule has 1 aromatic carbocycles. The van der Waals surface area contributed by atoms with Crippen LogP contribution in [0.5, 0.6) is 0 Å². The molecular weight excluding hydrogens is 195 g/mol. The average molecular weight is 210 g/mol. The summed E-state index contributed by atoms with van der Waals surface area (Å²) in [7, 11) is 0.210. The van der Waals surface area contributed by atoms with Gasteiger partial charge in [0.2, 0.25) is 0 Å². The van der Waals surface area contributed by atoms with Crippen molar-refractivity contribution >= 4 is 8.46 Å². The van der Waals surface area contributed by atoms with Gasteiger partial charge in [0.1, 0.15) is 0 Å². The highest BCUT2D eigenvalue weighted by Gasteiger charge is 2.00. The highest BCUT2D eigenvalue weighted by Crippen LogP contribution is 2.10. The van der Waals surface area contributed by atoms with Crippen LogP contribution < -0.4 is 0 Å². The van der Waals surface area contributed by atoms with Crippen molar-refractivity contribution in [3.05, 3.63) is 35.9 Å². The molecule has 0 radical (unpaired) electrons. The lowest BCUT2D eigenvalue weighted by molar-refractivity contribution is 0.118. The molecule has 14 heavy (non-hydrogen) atoms. The van der Waals surface area contributed by atoms with Gasteiger partial charge in [0.15, 0.2) is 8.46 Å². The molecule has 0 aromatic heterocycles. The molecule has 0 fully saturated rings. The third-order valence-electron chi connectivity index (χ3n) is 1.97. The van der Waals surface area contributed by atoms with Crippen LogP contribution in [0.1, 0.15) is 18.9 Å². The molecule has 0 aliphatic rings. The first-order valence-corrected chi connectivity index (χ1v) is 5.65. The normalized spacial score (nSPS) is 12.9. The SMILES string of the molecule is CC(CCOCc1ccccc1)P=O. The Balaban J connectivity index is 2.13. The maximum atomic E-state index is 10.4. The van der Waals surface area contributed by atoms with Gasteiger partial charge in [-0.15, -0.1) is 0 Å². The number of hydrogen-bond donors (Lipinski definition) is 0. The topological polar surface area (TPSA) is 26.3 Å². The molecule has 0 spiro atoms. The Bertz CT molecular complexity index is 261. The lowest BCUT2D eigenvalue weighted by Gasteiger charge is -2.04. The first-order chi connectivity index (χ1) is 6.83. The number of rotatable bonds is 6. The molecule has 0 aliphatic heterocycles. The summed E-state index contributed by atoms with van der Waals surface area (Å²) in [6, 6.07) is 10.1. The predicted molar refractivity (Wildman–Crippen MR) is 57.8 cm³/mol. The summed E-state index contributed by atoms with van der Waals surface area (Å²) in [5.74, 6) is 0. The van der Waals surface area contributed by atoms with Crippen LogP contribution in [0.15, 0.2) is 30.3 Å². The zero-order valence-corrected chi connectivity index (χ0v) is 9.24. The Kier molecular flexibility index (Phi) is 5.43. The zero-order chi connectivity index (χ0) is 10.2. The quantitative estimate of drug-likeness (QED) is 0.532. The Morgan fingerprint density at radius 2 is 2.07 bits per heavy atom. The molecule has 1 unspecified atom stereocenters. The van der Waals surface area contributed by atoms with Gasteiger partial charge >= 0.3 is 0 Å². The summed E-state index contributed by atoms with van der Waals surface area (Å²) in [5.41, 5.74) is 1.38. The molecule has 1 rings (SSSR count). The van der Waals surface area contributed by atoms with Gasteiger partial charge in [-0.1, -0.05) is 37.3 Å². The second-order valence-corrected chi connectivity index (χ2v) is 4.37. The Hall–Kier alpha value is -0.720. The van der Waals surface area contributed by atoms with E-state index in [0.717, 1.165) is 6.42 Å². The molecule has 0 bridgehead atoms. The molecule has 1 aromatic rings. The standard InChI is InChI=1S/C11H15O2P/c1-10(14-12)7-8-13-9-11-5-3-2-4-6-11/h2-6,10H,7-9H2,1H3. The van der Waals surface area contributed by atoms with Gasteiger partial charge in [0.25, 0.3) is 0 Å². The molecule has 0 amide bonds. The molecule has 2 nitrogen and oxygen atoms in total. The van der Waals surface area contributed by atoms with Crippen molar-refractivity contribution in [1.82, 2.24) is 0 Å². The van der Waals surface area contributed by atoms with Crippen LogP contribution in [0.4, 0.5) is 0 Å². The van der Waals surface area contributed by atoms with Crippen molar-refractivity contribution < 1.29 is 9.30 Å². The number of ether oxygens (including phenoxy) is 1. The maximum absolute atomic E-state index is 10.4. The molecule has 0 saturated carbocycles. The fraction of sp³-hybridized carbons (Fsp3) is 0.455. The van der Waals surface area contributed by atoms with Gasteiger partial charge in [-0.25, -0.2) is 0 Å². The van der Waals surface area contributed by atoms with Crippen molar-refractivity contribution in [3.8, 4) is 0 Å². The van der Waals surface area contributed by atoms with E-state index in [4.69, 9.17) is 4.74 Å². The van der Waals surface area contributed by atoms with Gasteiger partial charge in [0, 0.05) is 12.3 Å². The monoisotopic (exact) mass is 210 g/mol. The van der Waals surface area contributed by atoms with Crippen LogP contribution in [-0.2, 0) is 15.9 Å². The molecule has 76 valence electrons. The molecule has 0 aliphatic carbocycles. The lowest BCUT2D eigenvalue weighted by atomic mass is 10.2. The van der Waals surface area contributed by atoms with Crippen molar-refractivity contribution in [2.75, 3.05) is 6.61 Å². The molecule has 1 atom stereocenters. The minimum atomic E-state index is 0.200. The third-order valence-corrected chi connectivity index (χ3v) is 2.59. The smallest absolute Gasteiger partial charge is 0.158 e. The van der Waals surface area contributed by atoms with Crippen molar-refractivity contribution in [2.45, 2.75) is 25.6 Å². The van der Waals surface area contributed by atoms with Gasteiger partial charge in [-0.05, 0) is 12.0 Å². The summed E-state index contributed by atoms with van der Waals surface area (Å²) >= 11 is 0. The molecule has 3 heteroatoms. The molecule has 0 heterocycles. The van der Waals surface area contributed by atoms with E-state index < -0.39 is 0 Å². The number of hydrogen-bond acceptors (Lipinski definition) is 2. The van der Waals surface area contributed by atoms with E-state index >= 15 is 0 Å².